The fraction of sp³-hybridized carbons (Fsp3) is 0.312. The number of hydrogen-bond donors (Lipinski definition) is 1. The Morgan fingerprint density at radius 2 is 2.11 bits per heavy atom. The Morgan fingerprint density at radius 1 is 1.21 bits per heavy atom. The zero-order chi connectivity index (χ0) is 12.8. The molecule has 2 heterocycles. The number of aryl methyl sites for hydroxylation is 1. The van der Waals surface area contributed by atoms with E-state index in [4.69, 9.17) is 5.41 Å². The molecule has 0 spiro atoms. The van der Waals surface area contributed by atoms with Crippen LogP contribution in [0.3, 0.4) is 0 Å². The van der Waals surface area contributed by atoms with Crippen LogP contribution in [0.1, 0.15) is 40.5 Å². The number of rotatable bonds is 1. The zero-order valence-corrected chi connectivity index (χ0v) is 11.5. The molecule has 0 fully saturated rings. The lowest BCUT2D eigenvalue weighted by atomic mass is 9.93. The molecular formula is C16H16N2S. The summed E-state index contributed by atoms with van der Waals surface area (Å²) in [6, 6.07) is 11.0. The first-order valence-electron chi connectivity index (χ1n) is 6.84. The third-order valence-electron chi connectivity index (χ3n) is 4.30. The van der Waals surface area contributed by atoms with Gasteiger partial charge >= 0.3 is 0 Å². The van der Waals surface area contributed by atoms with Gasteiger partial charge in [0.2, 0.25) is 0 Å². The highest BCUT2D eigenvalue weighted by Crippen LogP contribution is 2.40. The van der Waals surface area contributed by atoms with E-state index in [1.54, 1.807) is 0 Å². The third kappa shape index (κ3) is 1.65. The monoisotopic (exact) mass is 268 g/mol. The van der Waals surface area contributed by atoms with Crippen LogP contribution < -0.4 is 0 Å². The van der Waals surface area contributed by atoms with Crippen LogP contribution in [0.5, 0.6) is 0 Å². The number of hydrogen-bond acceptors (Lipinski definition) is 2. The molecule has 1 aromatic heterocycles. The molecule has 96 valence electrons. The Hall–Kier alpha value is -1.61. The molecule has 1 aliphatic carbocycles. The summed E-state index contributed by atoms with van der Waals surface area (Å²) < 4.78 is 0. The summed E-state index contributed by atoms with van der Waals surface area (Å²) in [7, 11) is 0. The highest BCUT2D eigenvalue weighted by Gasteiger charge is 2.33. The summed E-state index contributed by atoms with van der Waals surface area (Å²) in [5.41, 5.74) is 3.88. The molecule has 2 aliphatic rings. The first-order chi connectivity index (χ1) is 9.34. The zero-order valence-electron chi connectivity index (χ0n) is 10.7. The summed E-state index contributed by atoms with van der Waals surface area (Å²) >= 11 is 1.88. The Bertz CT molecular complexity index is 644. The first kappa shape index (κ1) is 11.2. The van der Waals surface area contributed by atoms with Crippen LogP contribution in [-0.2, 0) is 13.0 Å². The van der Waals surface area contributed by atoms with E-state index in [0.717, 1.165) is 12.1 Å². The van der Waals surface area contributed by atoms with Crippen LogP contribution in [0.2, 0.25) is 0 Å². The number of nitrogens with zero attached hydrogens (tertiary/aromatic N) is 1. The van der Waals surface area contributed by atoms with E-state index < -0.39 is 0 Å². The lowest BCUT2D eigenvalue weighted by Crippen LogP contribution is -2.31. The summed E-state index contributed by atoms with van der Waals surface area (Å²) in [4.78, 5) is 3.81. The van der Waals surface area contributed by atoms with E-state index in [-0.39, 0.29) is 0 Å². The second kappa shape index (κ2) is 4.20. The molecule has 0 saturated heterocycles. The standard InChI is InChI=1S/C16H16N2S/c17-16-12-5-2-1-4-11(12)10-18(16)14-6-3-7-15-13(14)8-9-19-15/h1-2,4-5,8-9,14,17H,3,6-7,10H2. The van der Waals surface area contributed by atoms with Gasteiger partial charge in [-0.1, -0.05) is 24.3 Å². The van der Waals surface area contributed by atoms with Gasteiger partial charge in [-0.25, -0.2) is 0 Å². The van der Waals surface area contributed by atoms with E-state index in [1.807, 2.05) is 17.4 Å². The van der Waals surface area contributed by atoms with E-state index in [9.17, 15) is 0 Å². The van der Waals surface area contributed by atoms with Gasteiger partial charge in [-0.2, -0.15) is 0 Å². The van der Waals surface area contributed by atoms with E-state index in [0.29, 0.717) is 11.9 Å². The van der Waals surface area contributed by atoms with E-state index in [2.05, 4.69) is 34.5 Å². The van der Waals surface area contributed by atoms with Crippen LogP contribution in [-0.4, -0.2) is 10.7 Å². The summed E-state index contributed by atoms with van der Waals surface area (Å²) in [6.45, 7) is 0.898. The van der Waals surface area contributed by atoms with Crippen molar-refractivity contribution in [1.29, 1.82) is 5.41 Å². The summed E-state index contributed by atoms with van der Waals surface area (Å²) in [5, 5.41) is 10.7. The van der Waals surface area contributed by atoms with Gasteiger partial charge in [0.15, 0.2) is 0 Å². The predicted octanol–water partition coefficient (Wildman–Crippen LogP) is 3.97. The molecule has 3 heteroatoms. The van der Waals surface area contributed by atoms with Crippen molar-refractivity contribution >= 4 is 17.2 Å². The maximum absolute atomic E-state index is 8.45. The van der Waals surface area contributed by atoms with Crippen molar-refractivity contribution in [2.45, 2.75) is 31.8 Å². The number of thiophene rings is 1. The average molecular weight is 268 g/mol. The maximum atomic E-state index is 8.45. The molecule has 1 aliphatic heterocycles. The minimum atomic E-state index is 0.412. The molecular weight excluding hydrogens is 252 g/mol. The first-order valence-corrected chi connectivity index (χ1v) is 7.72. The quantitative estimate of drug-likeness (QED) is 0.832. The van der Waals surface area contributed by atoms with Crippen molar-refractivity contribution in [3.8, 4) is 0 Å². The van der Waals surface area contributed by atoms with Crippen molar-refractivity contribution in [2.75, 3.05) is 0 Å². The molecule has 0 bridgehead atoms. The van der Waals surface area contributed by atoms with Gasteiger partial charge < -0.3 is 4.90 Å². The Kier molecular flexibility index (Phi) is 2.49. The van der Waals surface area contributed by atoms with Crippen LogP contribution in [0.4, 0.5) is 0 Å². The van der Waals surface area contributed by atoms with Gasteiger partial charge in [0.05, 0.1) is 6.04 Å². The van der Waals surface area contributed by atoms with Crippen LogP contribution in [0, 0.1) is 5.41 Å². The van der Waals surface area contributed by atoms with Crippen molar-refractivity contribution in [1.82, 2.24) is 4.90 Å². The third-order valence-corrected chi connectivity index (χ3v) is 5.29. The van der Waals surface area contributed by atoms with Gasteiger partial charge in [0, 0.05) is 17.0 Å². The minimum Gasteiger partial charge on any atom is -0.345 e. The second-order valence-corrected chi connectivity index (χ2v) is 6.34. The Balaban J connectivity index is 1.72. The molecule has 2 aromatic rings. The van der Waals surface area contributed by atoms with Crippen LogP contribution in [0.15, 0.2) is 35.7 Å². The van der Waals surface area contributed by atoms with Crippen molar-refractivity contribution in [3.63, 3.8) is 0 Å². The summed E-state index contributed by atoms with van der Waals surface area (Å²) in [5.74, 6) is 0.708. The van der Waals surface area contributed by atoms with E-state index in [1.165, 1.54) is 35.3 Å². The molecule has 1 N–H and O–H groups in total. The molecule has 0 saturated carbocycles. The lowest BCUT2D eigenvalue weighted by molar-refractivity contribution is 0.288. The molecule has 19 heavy (non-hydrogen) atoms. The maximum Gasteiger partial charge on any atom is 0.129 e. The fourth-order valence-corrected chi connectivity index (χ4v) is 4.34. The van der Waals surface area contributed by atoms with Gasteiger partial charge in [0.1, 0.15) is 5.84 Å². The van der Waals surface area contributed by atoms with Gasteiger partial charge in [-0.05, 0) is 41.8 Å². The van der Waals surface area contributed by atoms with E-state index >= 15 is 0 Å². The highest BCUT2D eigenvalue weighted by molar-refractivity contribution is 7.10. The van der Waals surface area contributed by atoms with Crippen molar-refractivity contribution in [3.05, 3.63) is 57.3 Å². The van der Waals surface area contributed by atoms with Crippen molar-refractivity contribution < 1.29 is 0 Å². The minimum absolute atomic E-state index is 0.412. The van der Waals surface area contributed by atoms with Crippen LogP contribution >= 0.6 is 11.3 Å². The average Bonchev–Trinajstić information content (AvgIpc) is 3.04. The molecule has 0 amide bonds. The normalized spacial score (nSPS) is 21.4. The SMILES string of the molecule is N=C1c2ccccc2CN1C1CCCc2sccc21. The Labute approximate surface area is 117 Å². The molecule has 2 nitrogen and oxygen atoms in total. The molecule has 1 aromatic carbocycles. The molecule has 0 radical (unpaired) electrons. The number of benzene rings is 1. The number of amidine groups is 1. The summed E-state index contributed by atoms with van der Waals surface area (Å²) in [6.07, 6.45) is 3.65. The highest BCUT2D eigenvalue weighted by atomic mass is 32.1. The fourth-order valence-electron chi connectivity index (χ4n) is 3.36. The molecule has 1 atom stereocenters. The Morgan fingerprint density at radius 3 is 3.00 bits per heavy atom. The van der Waals surface area contributed by atoms with Gasteiger partial charge in [0.25, 0.3) is 0 Å². The largest absolute Gasteiger partial charge is 0.345 e. The van der Waals surface area contributed by atoms with Crippen LogP contribution in [0.25, 0.3) is 0 Å². The smallest absolute Gasteiger partial charge is 0.129 e. The number of fused-ring (bicyclic) bond motifs is 2. The second-order valence-electron chi connectivity index (χ2n) is 5.34. The lowest BCUT2D eigenvalue weighted by Gasteiger charge is -2.32. The molecule has 1 unspecified atom stereocenters. The van der Waals surface area contributed by atoms with Crippen molar-refractivity contribution in [2.24, 2.45) is 0 Å². The van der Waals surface area contributed by atoms with Gasteiger partial charge in [-0.3, -0.25) is 5.41 Å². The number of nitrogens with one attached hydrogen (secondary N) is 1. The topological polar surface area (TPSA) is 27.1 Å². The van der Waals surface area contributed by atoms with Gasteiger partial charge in [-0.15, -0.1) is 11.3 Å². The predicted molar refractivity (Wildman–Crippen MR) is 78.8 cm³/mol. The molecule has 4 rings (SSSR count).